The zero-order chi connectivity index (χ0) is 15.5. The molecular formula is C17H22O4. The zero-order valence-corrected chi connectivity index (χ0v) is 12.6. The maximum atomic E-state index is 12.3. The van der Waals surface area contributed by atoms with E-state index in [4.69, 9.17) is 4.74 Å². The number of aldehydes is 1. The Hall–Kier alpha value is -1.71. The summed E-state index contributed by atoms with van der Waals surface area (Å²) in [7, 11) is 0. The summed E-state index contributed by atoms with van der Waals surface area (Å²) in [5, 5.41) is 0. The highest BCUT2D eigenvalue weighted by Crippen LogP contribution is 2.53. The highest BCUT2D eigenvalue weighted by Gasteiger charge is 2.53. The van der Waals surface area contributed by atoms with Crippen LogP contribution in [0, 0.1) is 16.7 Å². The first-order valence-electron chi connectivity index (χ1n) is 7.49. The van der Waals surface area contributed by atoms with Gasteiger partial charge in [0.1, 0.15) is 6.29 Å². The van der Waals surface area contributed by atoms with Crippen LogP contribution < -0.4 is 0 Å². The summed E-state index contributed by atoms with van der Waals surface area (Å²) in [5.41, 5.74) is -1.29. The van der Waals surface area contributed by atoms with Crippen LogP contribution in [0.1, 0.15) is 39.5 Å². The number of ether oxygens (including phenoxy) is 1. The van der Waals surface area contributed by atoms with Gasteiger partial charge in [0, 0.05) is 6.42 Å². The predicted octanol–water partition coefficient (Wildman–Crippen LogP) is 2.63. The number of carbonyl (C=O) groups excluding carboxylic acids is 3. The van der Waals surface area contributed by atoms with E-state index in [1.165, 1.54) is 6.08 Å². The van der Waals surface area contributed by atoms with Gasteiger partial charge in [-0.1, -0.05) is 25.2 Å². The van der Waals surface area contributed by atoms with Gasteiger partial charge in [-0.15, -0.1) is 0 Å². The standard InChI is InChI=1S/C17H22O4/c1-3-21-15(20)8-11-16(2)10-7-14(19)17(12-18)9-5-4-6-13(16)17/h4-5,7,10,12-13H,3,6,8-9,11H2,1-2H3/t13-,16-,17+/m0/s1. The van der Waals surface area contributed by atoms with Gasteiger partial charge in [-0.2, -0.15) is 0 Å². The molecule has 0 radical (unpaired) electrons. The lowest BCUT2D eigenvalue weighted by molar-refractivity contribution is -0.144. The Morgan fingerprint density at radius 2 is 2.24 bits per heavy atom. The van der Waals surface area contributed by atoms with Crippen molar-refractivity contribution in [2.24, 2.45) is 16.7 Å². The highest BCUT2D eigenvalue weighted by molar-refractivity contribution is 6.06. The number of ketones is 1. The number of fused-ring (bicyclic) bond motifs is 1. The van der Waals surface area contributed by atoms with Crippen LogP contribution in [0.4, 0.5) is 0 Å². The van der Waals surface area contributed by atoms with Crippen LogP contribution in [-0.2, 0) is 19.1 Å². The minimum Gasteiger partial charge on any atom is -0.466 e. The highest BCUT2D eigenvalue weighted by atomic mass is 16.5. The van der Waals surface area contributed by atoms with Crippen molar-refractivity contribution in [3.63, 3.8) is 0 Å². The van der Waals surface area contributed by atoms with Gasteiger partial charge in [0.15, 0.2) is 5.78 Å². The van der Waals surface area contributed by atoms with Gasteiger partial charge in [0.05, 0.1) is 12.0 Å². The van der Waals surface area contributed by atoms with Crippen LogP contribution in [0.5, 0.6) is 0 Å². The molecule has 21 heavy (non-hydrogen) atoms. The van der Waals surface area contributed by atoms with Gasteiger partial charge < -0.3 is 9.53 Å². The number of rotatable bonds is 5. The molecule has 3 atom stereocenters. The fraction of sp³-hybridized carbons (Fsp3) is 0.588. The number of hydrogen-bond acceptors (Lipinski definition) is 4. The second-order valence-corrected chi connectivity index (χ2v) is 6.13. The molecule has 4 nitrogen and oxygen atoms in total. The molecule has 114 valence electrons. The van der Waals surface area contributed by atoms with Gasteiger partial charge in [0.25, 0.3) is 0 Å². The van der Waals surface area contributed by atoms with Crippen molar-refractivity contribution >= 4 is 18.0 Å². The molecule has 2 aliphatic rings. The lowest BCUT2D eigenvalue weighted by Crippen LogP contribution is -2.50. The SMILES string of the molecule is CCOC(=O)CC[C@]1(C)C=CC(=O)[C@@]2(C=O)CC=CC[C@@H]12. The van der Waals surface area contributed by atoms with Gasteiger partial charge in [0.2, 0.25) is 0 Å². The lowest BCUT2D eigenvalue weighted by Gasteiger charge is -2.48. The summed E-state index contributed by atoms with van der Waals surface area (Å²) < 4.78 is 4.97. The third kappa shape index (κ3) is 2.71. The van der Waals surface area contributed by atoms with E-state index in [2.05, 4.69) is 0 Å². The maximum absolute atomic E-state index is 12.3. The number of esters is 1. The lowest BCUT2D eigenvalue weighted by atomic mass is 9.53. The van der Waals surface area contributed by atoms with Crippen LogP contribution in [0.15, 0.2) is 24.3 Å². The van der Waals surface area contributed by atoms with Gasteiger partial charge >= 0.3 is 5.97 Å². The quantitative estimate of drug-likeness (QED) is 0.338. The third-order valence-electron chi connectivity index (χ3n) is 4.87. The van der Waals surface area contributed by atoms with E-state index in [-0.39, 0.29) is 23.1 Å². The Labute approximate surface area is 125 Å². The Morgan fingerprint density at radius 1 is 1.48 bits per heavy atom. The van der Waals surface area contributed by atoms with Crippen LogP contribution in [0.3, 0.4) is 0 Å². The third-order valence-corrected chi connectivity index (χ3v) is 4.87. The minimum atomic E-state index is -0.951. The molecule has 0 spiro atoms. The number of hydrogen-bond donors (Lipinski definition) is 0. The summed E-state index contributed by atoms with van der Waals surface area (Å²) >= 11 is 0. The van der Waals surface area contributed by atoms with Crippen molar-refractivity contribution in [2.45, 2.75) is 39.5 Å². The van der Waals surface area contributed by atoms with Crippen molar-refractivity contribution in [1.29, 1.82) is 0 Å². The molecule has 4 heteroatoms. The number of carbonyl (C=O) groups is 3. The fourth-order valence-corrected chi connectivity index (χ4v) is 3.58. The fourth-order valence-electron chi connectivity index (χ4n) is 3.58. The summed E-state index contributed by atoms with van der Waals surface area (Å²) in [6.45, 7) is 4.17. The van der Waals surface area contributed by atoms with Crippen LogP contribution in [0.2, 0.25) is 0 Å². The van der Waals surface area contributed by atoms with Crippen molar-refractivity contribution in [1.82, 2.24) is 0 Å². The topological polar surface area (TPSA) is 60.4 Å². The molecule has 0 unspecified atom stereocenters. The second-order valence-electron chi connectivity index (χ2n) is 6.13. The Balaban J connectivity index is 2.24. The molecule has 0 aromatic rings. The minimum absolute atomic E-state index is 0.0839. The Bertz CT molecular complexity index is 505. The van der Waals surface area contributed by atoms with Gasteiger partial charge in [-0.05, 0) is 43.6 Å². The number of allylic oxidation sites excluding steroid dienone is 4. The first-order chi connectivity index (χ1) is 9.98. The molecule has 2 aliphatic carbocycles. The molecule has 0 heterocycles. The molecule has 0 amide bonds. The molecule has 0 bridgehead atoms. The van der Waals surface area contributed by atoms with E-state index in [1.54, 1.807) is 6.92 Å². The van der Waals surface area contributed by atoms with Crippen LogP contribution in [-0.4, -0.2) is 24.6 Å². The summed E-state index contributed by atoms with van der Waals surface area (Å²) in [4.78, 5) is 35.5. The average Bonchev–Trinajstić information content (AvgIpc) is 2.50. The van der Waals surface area contributed by atoms with Crippen LogP contribution in [0.25, 0.3) is 0 Å². The summed E-state index contributed by atoms with van der Waals surface area (Å²) in [6, 6.07) is 0. The Morgan fingerprint density at radius 3 is 2.90 bits per heavy atom. The van der Waals surface area contributed by atoms with Crippen molar-refractivity contribution in [2.75, 3.05) is 6.61 Å². The first-order valence-corrected chi connectivity index (χ1v) is 7.49. The van der Waals surface area contributed by atoms with Crippen molar-refractivity contribution < 1.29 is 19.1 Å². The molecule has 0 aromatic heterocycles. The largest absolute Gasteiger partial charge is 0.466 e. The van der Waals surface area contributed by atoms with E-state index in [0.29, 0.717) is 32.3 Å². The predicted molar refractivity (Wildman–Crippen MR) is 78.5 cm³/mol. The van der Waals surface area contributed by atoms with Crippen LogP contribution >= 0.6 is 0 Å². The van der Waals surface area contributed by atoms with Crippen molar-refractivity contribution in [3.8, 4) is 0 Å². The van der Waals surface area contributed by atoms with E-state index in [1.807, 2.05) is 25.2 Å². The summed E-state index contributed by atoms with van der Waals surface area (Å²) in [6.07, 6.45) is 10.2. The first kappa shape index (κ1) is 15.7. The monoisotopic (exact) mass is 290 g/mol. The van der Waals surface area contributed by atoms with E-state index in [9.17, 15) is 14.4 Å². The molecule has 0 N–H and O–H groups in total. The van der Waals surface area contributed by atoms with Crippen molar-refractivity contribution in [3.05, 3.63) is 24.3 Å². The second kappa shape index (κ2) is 5.96. The Kier molecular flexibility index (Phi) is 4.45. The molecule has 2 rings (SSSR count). The molecule has 0 aromatic carbocycles. The molecule has 0 aliphatic heterocycles. The zero-order valence-electron chi connectivity index (χ0n) is 12.6. The average molecular weight is 290 g/mol. The van der Waals surface area contributed by atoms with E-state index in [0.717, 1.165) is 6.29 Å². The molecule has 0 saturated heterocycles. The molecule has 0 saturated carbocycles. The van der Waals surface area contributed by atoms with Gasteiger partial charge in [-0.3, -0.25) is 9.59 Å². The van der Waals surface area contributed by atoms with E-state index < -0.39 is 5.41 Å². The molecular weight excluding hydrogens is 268 g/mol. The molecule has 0 fully saturated rings. The van der Waals surface area contributed by atoms with E-state index >= 15 is 0 Å². The maximum Gasteiger partial charge on any atom is 0.305 e. The smallest absolute Gasteiger partial charge is 0.305 e. The summed E-state index contributed by atoms with van der Waals surface area (Å²) in [5.74, 6) is -0.424. The normalized spacial score (nSPS) is 34.4. The van der Waals surface area contributed by atoms with Gasteiger partial charge in [-0.25, -0.2) is 0 Å².